The molecule has 0 aromatic heterocycles. The first-order chi connectivity index (χ1) is 7.65. The Kier molecular flexibility index (Phi) is 4.53. The lowest BCUT2D eigenvalue weighted by Crippen LogP contribution is -2.01. The van der Waals surface area contributed by atoms with Crippen molar-refractivity contribution >= 4 is 5.97 Å². The Morgan fingerprint density at radius 2 is 2.25 bits per heavy atom. The predicted molar refractivity (Wildman–Crippen MR) is 59.3 cm³/mol. The van der Waals surface area contributed by atoms with Crippen molar-refractivity contribution in [2.75, 3.05) is 6.61 Å². The van der Waals surface area contributed by atoms with E-state index in [2.05, 4.69) is 11.8 Å². The van der Waals surface area contributed by atoms with Gasteiger partial charge in [-0.05, 0) is 25.5 Å². The van der Waals surface area contributed by atoms with E-state index in [0.717, 1.165) is 0 Å². The average molecular weight is 220 g/mol. The summed E-state index contributed by atoms with van der Waals surface area (Å²) in [6.45, 7) is 3.73. The van der Waals surface area contributed by atoms with Crippen LogP contribution in [0.3, 0.4) is 0 Å². The minimum atomic E-state index is -0.386. The van der Waals surface area contributed by atoms with Crippen molar-refractivity contribution in [3.63, 3.8) is 0 Å². The highest BCUT2D eigenvalue weighted by Gasteiger charge is 2.01. The van der Waals surface area contributed by atoms with Crippen LogP contribution in [0.2, 0.25) is 0 Å². The van der Waals surface area contributed by atoms with E-state index in [1.807, 2.05) is 0 Å². The maximum absolute atomic E-state index is 13.5. The first-order valence-electron chi connectivity index (χ1n) is 5.04. The molecule has 0 amide bonds. The van der Waals surface area contributed by atoms with Gasteiger partial charge in [0.1, 0.15) is 12.2 Å². The van der Waals surface area contributed by atoms with Crippen LogP contribution in [0.1, 0.15) is 24.5 Å². The number of carbonyl (C=O) groups is 1. The highest BCUT2D eigenvalue weighted by Crippen LogP contribution is 2.10. The molecule has 1 rings (SSSR count). The first-order valence-corrected chi connectivity index (χ1v) is 5.04. The predicted octanol–water partition coefficient (Wildman–Crippen LogP) is 2.44. The molecule has 0 N–H and O–H groups in total. The minimum Gasteiger partial charge on any atom is -0.465 e. The number of aryl methyl sites for hydroxylation is 1. The van der Waals surface area contributed by atoms with Gasteiger partial charge in [-0.15, -0.1) is 0 Å². The monoisotopic (exact) mass is 220 g/mol. The summed E-state index contributed by atoms with van der Waals surface area (Å²) < 4.78 is 18.2. The minimum absolute atomic E-state index is 0.0127. The third kappa shape index (κ3) is 3.39. The second-order valence-corrected chi connectivity index (χ2v) is 3.22. The molecular weight excluding hydrogens is 207 g/mol. The summed E-state index contributed by atoms with van der Waals surface area (Å²) in [4.78, 5) is 11.0. The van der Waals surface area contributed by atoms with Crippen LogP contribution >= 0.6 is 0 Å². The molecule has 16 heavy (non-hydrogen) atoms. The summed E-state index contributed by atoms with van der Waals surface area (Å²) in [7, 11) is 0. The standard InChI is InChI=1S/C13H13FO2/c1-3-16-12(15)9-5-8-11-7-4-6-10(2)13(11)14/h4,6-7H,3,9H2,1-2H3. The van der Waals surface area contributed by atoms with E-state index in [-0.39, 0.29) is 18.2 Å². The molecule has 2 nitrogen and oxygen atoms in total. The van der Waals surface area contributed by atoms with Gasteiger partial charge in [0.2, 0.25) is 0 Å². The van der Waals surface area contributed by atoms with Gasteiger partial charge < -0.3 is 4.74 Å². The van der Waals surface area contributed by atoms with Crippen molar-refractivity contribution in [3.05, 3.63) is 35.1 Å². The van der Waals surface area contributed by atoms with Crippen molar-refractivity contribution in [2.45, 2.75) is 20.3 Å². The van der Waals surface area contributed by atoms with Gasteiger partial charge in [0, 0.05) is 0 Å². The lowest BCUT2D eigenvalue weighted by molar-refractivity contribution is -0.141. The second kappa shape index (κ2) is 5.92. The third-order valence-electron chi connectivity index (χ3n) is 1.95. The van der Waals surface area contributed by atoms with E-state index in [4.69, 9.17) is 4.74 Å². The van der Waals surface area contributed by atoms with E-state index in [1.54, 1.807) is 32.0 Å². The van der Waals surface area contributed by atoms with E-state index in [9.17, 15) is 9.18 Å². The molecule has 0 saturated heterocycles. The molecule has 0 fully saturated rings. The molecule has 0 saturated carbocycles. The maximum Gasteiger partial charge on any atom is 0.317 e. The normalized spacial score (nSPS) is 9.19. The second-order valence-electron chi connectivity index (χ2n) is 3.22. The summed E-state index contributed by atoms with van der Waals surface area (Å²) in [5.41, 5.74) is 0.854. The summed E-state index contributed by atoms with van der Waals surface area (Å²) in [5, 5.41) is 0. The van der Waals surface area contributed by atoms with Gasteiger partial charge in [0.05, 0.1) is 12.2 Å². The molecule has 0 aliphatic carbocycles. The Hall–Kier alpha value is -1.82. The number of rotatable bonds is 2. The van der Waals surface area contributed by atoms with Gasteiger partial charge in [-0.1, -0.05) is 24.0 Å². The van der Waals surface area contributed by atoms with Crippen molar-refractivity contribution in [3.8, 4) is 11.8 Å². The number of ether oxygens (including phenoxy) is 1. The number of carbonyl (C=O) groups excluding carboxylic acids is 1. The van der Waals surface area contributed by atoms with Gasteiger partial charge in [-0.2, -0.15) is 0 Å². The van der Waals surface area contributed by atoms with Crippen LogP contribution in [0.5, 0.6) is 0 Å². The fraction of sp³-hybridized carbons (Fsp3) is 0.308. The molecule has 0 atom stereocenters. The summed E-state index contributed by atoms with van der Waals surface area (Å²) in [5.74, 6) is 4.49. The van der Waals surface area contributed by atoms with Crippen molar-refractivity contribution in [1.29, 1.82) is 0 Å². The van der Waals surface area contributed by atoms with Crippen LogP contribution in [0.4, 0.5) is 4.39 Å². The zero-order valence-electron chi connectivity index (χ0n) is 9.34. The molecule has 1 aromatic carbocycles. The highest BCUT2D eigenvalue weighted by molar-refractivity contribution is 5.72. The highest BCUT2D eigenvalue weighted by atomic mass is 19.1. The molecule has 84 valence electrons. The number of benzene rings is 1. The van der Waals surface area contributed by atoms with Gasteiger partial charge in [-0.3, -0.25) is 4.79 Å². The lowest BCUT2D eigenvalue weighted by Gasteiger charge is -1.97. The quantitative estimate of drug-likeness (QED) is 0.565. The van der Waals surface area contributed by atoms with Gasteiger partial charge >= 0.3 is 5.97 Å². The Morgan fingerprint density at radius 3 is 2.94 bits per heavy atom. The Morgan fingerprint density at radius 1 is 1.50 bits per heavy atom. The van der Waals surface area contributed by atoms with Crippen molar-refractivity contribution in [2.24, 2.45) is 0 Å². The molecule has 0 spiro atoms. The van der Waals surface area contributed by atoms with E-state index >= 15 is 0 Å². The van der Waals surface area contributed by atoms with Crippen molar-refractivity contribution < 1.29 is 13.9 Å². The summed E-state index contributed by atoms with van der Waals surface area (Å²) >= 11 is 0. The molecule has 0 aliphatic rings. The Labute approximate surface area is 94.4 Å². The maximum atomic E-state index is 13.5. The Bertz CT molecular complexity index is 441. The number of hydrogen-bond donors (Lipinski definition) is 0. The largest absolute Gasteiger partial charge is 0.465 e. The van der Waals surface area contributed by atoms with Gasteiger partial charge in [0.15, 0.2) is 0 Å². The molecule has 0 radical (unpaired) electrons. The molecule has 0 bridgehead atoms. The summed E-state index contributed by atoms with van der Waals surface area (Å²) in [6, 6.07) is 4.99. The van der Waals surface area contributed by atoms with Crippen LogP contribution < -0.4 is 0 Å². The fourth-order valence-corrected chi connectivity index (χ4v) is 1.17. The number of halogens is 1. The van der Waals surface area contributed by atoms with E-state index < -0.39 is 0 Å². The van der Waals surface area contributed by atoms with Crippen LogP contribution in [0, 0.1) is 24.6 Å². The summed E-state index contributed by atoms with van der Waals surface area (Å²) in [6.07, 6.45) is -0.0127. The first kappa shape index (κ1) is 12.3. The lowest BCUT2D eigenvalue weighted by atomic mass is 10.1. The van der Waals surface area contributed by atoms with Crippen LogP contribution in [0.25, 0.3) is 0 Å². The van der Waals surface area contributed by atoms with Gasteiger partial charge in [-0.25, -0.2) is 4.39 Å². The molecule has 3 heteroatoms. The van der Waals surface area contributed by atoms with Crippen molar-refractivity contribution in [1.82, 2.24) is 0 Å². The van der Waals surface area contributed by atoms with E-state index in [1.165, 1.54) is 0 Å². The smallest absolute Gasteiger partial charge is 0.317 e. The zero-order valence-corrected chi connectivity index (χ0v) is 9.34. The fourth-order valence-electron chi connectivity index (χ4n) is 1.17. The molecular formula is C13H13FO2. The Balaban J connectivity index is 2.70. The zero-order chi connectivity index (χ0) is 12.0. The van der Waals surface area contributed by atoms with Gasteiger partial charge in [0.25, 0.3) is 0 Å². The van der Waals surface area contributed by atoms with Crippen LogP contribution in [0.15, 0.2) is 18.2 Å². The third-order valence-corrected chi connectivity index (χ3v) is 1.95. The van der Waals surface area contributed by atoms with E-state index in [0.29, 0.717) is 17.7 Å². The topological polar surface area (TPSA) is 26.3 Å². The number of esters is 1. The molecule has 0 aliphatic heterocycles. The SMILES string of the molecule is CCOC(=O)CC#Cc1cccc(C)c1F. The number of hydrogen-bond acceptors (Lipinski definition) is 2. The molecule has 1 aromatic rings. The average Bonchev–Trinajstić information content (AvgIpc) is 2.25. The molecule has 0 heterocycles. The molecule has 0 unspecified atom stereocenters. The van der Waals surface area contributed by atoms with Crippen LogP contribution in [-0.2, 0) is 9.53 Å². The van der Waals surface area contributed by atoms with Crippen LogP contribution in [-0.4, -0.2) is 12.6 Å².